The van der Waals surface area contributed by atoms with Crippen LogP contribution in [0.2, 0.25) is 0 Å². The van der Waals surface area contributed by atoms with Crippen LogP contribution in [0.1, 0.15) is 40.0 Å². The number of likely N-dealkylation sites (tertiary alicyclic amines) is 1. The van der Waals surface area contributed by atoms with Gasteiger partial charge < -0.3 is 14.5 Å². The zero-order valence-electron chi connectivity index (χ0n) is 13.1. The smallest absolute Gasteiger partial charge is 0.410 e. The third-order valence-corrected chi connectivity index (χ3v) is 4.04. The molecule has 1 saturated carbocycles. The number of hydrogen-bond acceptors (Lipinski definition) is 3. The van der Waals surface area contributed by atoms with Crippen molar-refractivity contribution in [1.82, 2.24) is 9.80 Å². The highest BCUT2D eigenvalue weighted by atomic mass is 35.5. The highest BCUT2D eigenvalue weighted by Crippen LogP contribution is 2.30. The van der Waals surface area contributed by atoms with Crippen molar-refractivity contribution in [3.05, 3.63) is 0 Å². The first-order chi connectivity index (χ1) is 9.80. The topological polar surface area (TPSA) is 49.9 Å². The van der Waals surface area contributed by atoms with Crippen molar-refractivity contribution in [1.29, 1.82) is 0 Å². The Morgan fingerprint density at radius 2 is 1.95 bits per heavy atom. The lowest BCUT2D eigenvalue weighted by atomic mass is 10.1. The van der Waals surface area contributed by atoms with E-state index in [0.717, 1.165) is 19.3 Å². The molecule has 0 aromatic heterocycles. The normalized spacial score (nSPS) is 22.3. The summed E-state index contributed by atoms with van der Waals surface area (Å²) in [4.78, 5) is 27.5. The van der Waals surface area contributed by atoms with E-state index in [1.807, 2.05) is 25.7 Å². The van der Waals surface area contributed by atoms with Crippen LogP contribution in [-0.2, 0) is 9.53 Å². The zero-order chi connectivity index (χ0) is 15.6. The number of nitrogens with zero attached hydrogens (tertiary/aromatic N) is 2. The number of hydrogen-bond donors (Lipinski definition) is 0. The summed E-state index contributed by atoms with van der Waals surface area (Å²) in [5, 5.41) is 0. The summed E-state index contributed by atoms with van der Waals surface area (Å²) < 4.78 is 5.39. The van der Waals surface area contributed by atoms with Gasteiger partial charge in [0.2, 0.25) is 5.91 Å². The van der Waals surface area contributed by atoms with Crippen LogP contribution in [0.4, 0.5) is 4.79 Å². The Labute approximate surface area is 131 Å². The first-order valence-electron chi connectivity index (χ1n) is 7.63. The Balaban J connectivity index is 1.84. The molecule has 2 aliphatic rings. The molecule has 6 heteroatoms. The van der Waals surface area contributed by atoms with Gasteiger partial charge in [-0.15, -0.1) is 11.6 Å². The van der Waals surface area contributed by atoms with E-state index in [2.05, 4.69) is 0 Å². The predicted molar refractivity (Wildman–Crippen MR) is 81.4 cm³/mol. The van der Waals surface area contributed by atoms with Gasteiger partial charge in [-0.3, -0.25) is 4.79 Å². The maximum absolute atomic E-state index is 12.0. The van der Waals surface area contributed by atoms with Crippen molar-refractivity contribution < 1.29 is 14.3 Å². The highest BCUT2D eigenvalue weighted by molar-refractivity contribution is 6.27. The van der Waals surface area contributed by atoms with Crippen molar-refractivity contribution in [3.63, 3.8) is 0 Å². The minimum atomic E-state index is -0.468. The number of carbonyl (C=O) groups is 2. The molecule has 0 radical (unpaired) electrons. The maximum atomic E-state index is 12.0. The standard InChI is InChI=1S/C15H25ClN2O3/c1-15(2,3)21-14(20)17-7-6-11(9-17)10-18(12-4-5-12)13(19)8-16/h11-12H,4-10H2,1-3H3/t11-/m1/s1. The van der Waals surface area contributed by atoms with E-state index < -0.39 is 5.60 Å². The van der Waals surface area contributed by atoms with Crippen LogP contribution in [0, 0.1) is 5.92 Å². The molecular weight excluding hydrogens is 292 g/mol. The van der Waals surface area contributed by atoms with Crippen LogP contribution in [0.25, 0.3) is 0 Å². The average Bonchev–Trinajstić information content (AvgIpc) is 3.11. The molecule has 0 bridgehead atoms. The molecule has 1 heterocycles. The van der Waals surface area contributed by atoms with E-state index >= 15 is 0 Å². The van der Waals surface area contributed by atoms with Crippen LogP contribution in [0.15, 0.2) is 0 Å². The molecule has 1 saturated heterocycles. The monoisotopic (exact) mass is 316 g/mol. The Morgan fingerprint density at radius 3 is 2.48 bits per heavy atom. The lowest BCUT2D eigenvalue weighted by molar-refractivity contribution is -0.129. The molecular formula is C15H25ClN2O3. The summed E-state index contributed by atoms with van der Waals surface area (Å²) in [6.07, 6.45) is 2.81. The SMILES string of the molecule is CC(C)(C)OC(=O)N1CC[C@@H](CN(C(=O)CCl)C2CC2)C1. The molecule has 2 rings (SSSR count). The highest BCUT2D eigenvalue weighted by Gasteiger charge is 2.36. The quantitative estimate of drug-likeness (QED) is 0.749. The van der Waals surface area contributed by atoms with Crippen LogP contribution in [-0.4, -0.2) is 59.0 Å². The average molecular weight is 317 g/mol. The first-order valence-corrected chi connectivity index (χ1v) is 8.17. The van der Waals surface area contributed by atoms with Gasteiger partial charge >= 0.3 is 6.09 Å². The molecule has 5 nitrogen and oxygen atoms in total. The van der Waals surface area contributed by atoms with Gasteiger partial charge in [-0.1, -0.05) is 0 Å². The number of halogens is 1. The van der Waals surface area contributed by atoms with Crippen LogP contribution < -0.4 is 0 Å². The second-order valence-electron chi connectivity index (χ2n) is 6.99. The van der Waals surface area contributed by atoms with E-state index in [-0.39, 0.29) is 17.9 Å². The summed E-state index contributed by atoms with van der Waals surface area (Å²) in [6.45, 7) is 7.67. The zero-order valence-corrected chi connectivity index (χ0v) is 13.9. The van der Waals surface area contributed by atoms with E-state index in [1.54, 1.807) is 4.90 Å². The summed E-state index contributed by atoms with van der Waals surface area (Å²) >= 11 is 5.68. The molecule has 1 atom stereocenters. The molecule has 0 spiro atoms. The van der Waals surface area contributed by atoms with Crippen molar-refractivity contribution in [3.8, 4) is 0 Å². The minimum Gasteiger partial charge on any atom is -0.444 e. The Morgan fingerprint density at radius 1 is 1.29 bits per heavy atom. The second kappa shape index (κ2) is 6.42. The first kappa shape index (κ1) is 16.4. The predicted octanol–water partition coefficient (Wildman–Crippen LogP) is 2.47. The maximum Gasteiger partial charge on any atom is 0.410 e. The van der Waals surface area contributed by atoms with Crippen molar-refractivity contribution >= 4 is 23.6 Å². The Bertz CT molecular complexity index is 404. The van der Waals surface area contributed by atoms with Gasteiger partial charge in [0.05, 0.1) is 0 Å². The van der Waals surface area contributed by atoms with E-state index in [0.29, 0.717) is 31.6 Å². The number of amides is 2. The number of carbonyl (C=O) groups excluding carboxylic acids is 2. The summed E-state index contributed by atoms with van der Waals surface area (Å²) in [6, 6.07) is 0.367. The van der Waals surface area contributed by atoms with Crippen LogP contribution in [0.5, 0.6) is 0 Å². The van der Waals surface area contributed by atoms with Crippen molar-refractivity contribution in [2.45, 2.75) is 51.7 Å². The molecule has 2 amide bonds. The fourth-order valence-corrected chi connectivity index (χ4v) is 2.82. The number of alkyl halides is 1. The molecule has 0 unspecified atom stereocenters. The van der Waals surface area contributed by atoms with Crippen LogP contribution in [0.3, 0.4) is 0 Å². The van der Waals surface area contributed by atoms with Gasteiger partial charge in [0.25, 0.3) is 0 Å². The number of ether oxygens (including phenoxy) is 1. The van der Waals surface area contributed by atoms with Gasteiger partial charge in [0, 0.05) is 25.7 Å². The third-order valence-electron chi connectivity index (χ3n) is 3.81. The van der Waals surface area contributed by atoms with Crippen LogP contribution >= 0.6 is 11.6 Å². The van der Waals surface area contributed by atoms with Gasteiger partial charge in [0.15, 0.2) is 0 Å². The minimum absolute atomic E-state index is 0.00915. The second-order valence-corrected chi connectivity index (χ2v) is 7.26. The molecule has 1 aliphatic carbocycles. The van der Waals surface area contributed by atoms with Gasteiger partial charge in [-0.05, 0) is 46.0 Å². The fourth-order valence-electron chi connectivity index (χ4n) is 2.67. The molecule has 120 valence electrons. The molecule has 1 aliphatic heterocycles. The van der Waals surface area contributed by atoms with Gasteiger partial charge in [-0.2, -0.15) is 0 Å². The van der Waals surface area contributed by atoms with Crippen molar-refractivity contribution in [2.24, 2.45) is 5.92 Å². The molecule has 0 N–H and O–H groups in total. The molecule has 0 aromatic rings. The molecule has 2 fully saturated rings. The Hall–Kier alpha value is -0.970. The Kier molecular flexibility index (Phi) is 5.02. The van der Waals surface area contributed by atoms with Crippen molar-refractivity contribution in [2.75, 3.05) is 25.5 Å². The van der Waals surface area contributed by atoms with E-state index in [9.17, 15) is 9.59 Å². The van der Waals surface area contributed by atoms with Gasteiger partial charge in [0.1, 0.15) is 11.5 Å². The molecule has 21 heavy (non-hydrogen) atoms. The largest absolute Gasteiger partial charge is 0.444 e. The summed E-state index contributed by atoms with van der Waals surface area (Å²) in [5.41, 5.74) is -0.468. The third kappa shape index (κ3) is 4.77. The van der Waals surface area contributed by atoms with E-state index in [4.69, 9.17) is 16.3 Å². The lowest BCUT2D eigenvalue weighted by Gasteiger charge is -2.26. The summed E-state index contributed by atoms with van der Waals surface area (Å²) in [7, 11) is 0. The molecule has 0 aromatic carbocycles. The van der Waals surface area contributed by atoms with E-state index in [1.165, 1.54) is 0 Å². The summed E-state index contributed by atoms with van der Waals surface area (Å²) in [5.74, 6) is 0.374. The number of rotatable bonds is 4. The van der Waals surface area contributed by atoms with Gasteiger partial charge in [-0.25, -0.2) is 4.79 Å². The lowest BCUT2D eigenvalue weighted by Crippen LogP contribution is -2.40. The fraction of sp³-hybridized carbons (Fsp3) is 0.867.